The van der Waals surface area contributed by atoms with Crippen molar-refractivity contribution < 1.29 is 4.52 Å². The van der Waals surface area contributed by atoms with Gasteiger partial charge in [0.15, 0.2) is 5.82 Å². The number of rotatable bonds is 4. The standard InChI is InChI=1S/C13H16ClN3O/c1-9(13-15-10(2)16-18-13)17(3)8-11-4-6-12(14)7-5-11/h4-7,9H,8H2,1-3H3. The van der Waals surface area contributed by atoms with Gasteiger partial charge in [0, 0.05) is 11.6 Å². The van der Waals surface area contributed by atoms with Crippen molar-refractivity contribution >= 4 is 11.6 Å². The highest BCUT2D eigenvalue weighted by atomic mass is 35.5. The maximum absolute atomic E-state index is 5.86. The van der Waals surface area contributed by atoms with Gasteiger partial charge in [-0.05, 0) is 38.6 Å². The lowest BCUT2D eigenvalue weighted by Gasteiger charge is -2.21. The third-order valence-corrected chi connectivity index (χ3v) is 3.16. The average Bonchev–Trinajstić information content (AvgIpc) is 2.78. The second kappa shape index (κ2) is 5.50. The Balaban J connectivity index is 2.03. The van der Waals surface area contributed by atoms with Crippen LogP contribution in [0.15, 0.2) is 28.8 Å². The van der Waals surface area contributed by atoms with E-state index in [-0.39, 0.29) is 6.04 Å². The molecule has 1 aromatic carbocycles. The van der Waals surface area contributed by atoms with Crippen LogP contribution < -0.4 is 0 Å². The zero-order valence-corrected chi connectivity index (χ0v) is 11.5. The monoisotopic (exact) mass is 265 g/mol. The van der Waals surface area contributed by atoms with Gasteiger partial charge >= 0.3 is 0 Å². The van der Waals surface area contributed by atoms with Crippen LogP contribution in [0.25, 0.3) is 0 Å². The lowest BCUT2D eigenvalue weighted by atomic mass is 10.2. The summed E-state index contributed by atoms with van der Waals surface area (Å²) < 4.78 is 5.18. The van der Waals surface area contributed by atoms with E-state index in [0.29, 0.717) is 11.7 Å². The highest BCUT2D eigenvalue weighted by Crippen LogP contribution is 2.19. The first-order valence-electron chi connectivity index (χ1n) is 5.81. The fourth-order valence-corrected chi connectivity index (χ4v) is 1.81. The van der Waals surface area contributed by atoms with E-state index in [4.69, 9.17) is 16.1 Å². The molecule has 0 spiro atoms. The number of nitrogens with zero attached hydrogens (tertiary/aromatic N) is 3. The van der Waals surface area contributed by atoms with Crippen LogP contribution in [0.2, 0.25) is 5.02 Å². The first-order chi connectivity index (χ1) is 8.56. The lowest BCUT2D eigenvalue weighted by Crippen LogP contribution is -2.22. The van der Waals surface area contributed by atoms with Crippen LogP contribution in [0.5, 0.6) is 0 Å². The molecule has 0 radical (unpaired) electrons. The van der Waals surface area contributed by atoms with Gasteiger partial charge in [-0.3, -0.25) is 4.90 Å². The molecule has 18 heavy (non-hydrogen) atoms. The fraction of sp³-hybridized carbons (Fsp3) is 0.385. The summed E-state index contributed by atoms with van der Waals surface area (Å²) in [6, 6.07) is 7.91. The Morgan fingerprint density at radius 3 is 2.56 bits per heavy atom. The highest BCUT2D eigenvalue weighted by Gasteiger charge is 2.17. The van der Waals surface area contributed by atoms with Crippen molar-refractivity contribution in [3.05, 3.63) is 46.6 Å². The maximum atomic E-state index is 5.86. The lowest BCUT2D eigenvalue weighted by molar-refractivity contribution is 0.202. The minimum Gasteiger partial charge on any atom is -0.338 e. The molecular formula is C13H16ClN3O. The first kappa shape index (κ1) is 13.1. The third-order valence-electron chi connectivity index (χ3n) is 2.91. The van der Waals surface area contributed by atoms with Crippen molar-refractivity contribution in [1.82, 2.24) is 15.0 Å². The molecule has 5 heteroatoms. The van der Waals surface area contributed by atoms with Crippen LogP contribution in [0, 0.1) is 6.92 Å². The summed E-state index contributed by atoms with van der Waals surface area (Å²) in [6.45, 7) is 4.67. The topological polar surface area (TPSA) is 42.2 Å². The Morgan fingerprint density at radius 2 is 2.00 bits per heavy atom. The van der Waals surface area contributed by atoms with E-state index in [2.05, 4.69) is 15.0 Å². The van der Waals surface area contributed by atoms with Crippen LogP contribution in [0.4, 0.5) is 0 Å². The van der Waals surface area contributed by atoms with Gasteiger partial charge < -0.3 is 4.52 Å². The fourth-order valence-electron chi connectivity index (χ4n) is 1.69. The van der Waals surface area contributed by atoms with E-state index in [1.807, 2.05) is 45.2 Å². The zero-order valence-electron chi connectivity index (χ0n) is 10.7. The van der Waals surface area contributed by atoms with Gasteiger partial charge in [0.2, 0.25) is 5.89 Å². The highest BCUT2D eigenvalue weighted by molar-refractivity contribution is 6.30. The summed E-state index contributed by atoms with van der Waals surface area (Å²) in [5.41, 5.74) is 1.20. The molecule has 0 amide bonds. The molecule has 2 aromatic rings. The van der Waals surface area contributed by atoms with Crippen molar-refractivity contribution in [1.29, 1.82) is 0 Å². The quantitative estimate of drug-likeness (QED) is 0.851. The van der Waals surface area contributed by atoms with Crippen molar-refractivity contribution in [2.24, 2.45) is 0 Å². The molecule has 96 valence electrons. The van der Waals surface area contributed by atoms with Crippen LogP contribution in [0.1, 0.15) is 30.2 Å². The summed E-state index contributed by atoms with van der Waals surface area (Å²) in [6.07, 6.45) is 0. The minimum atomic E-state index is 0.0851. The molecule has 1 unspecified atom stereocenters. The minimum absolute atomic E-state index is 0.0851. The average molecular weight is 266 g/mol. The van der Waals surface area contributed by atoms with E-state index in [1.165, 1.54) is 5.56 Å². The molecule has 0 N–H and O–H groups in total. The summed E-state index contributed by atoms with van der Waals surface area (Å²) >= 11 is 5.86. The van der Waals surface area contributed by atoms with E-state index < -0.39 is 0 Å². The Labute approximate surface area is 112 Å². The van der Waals surface area contributed by atoms with Gasteiger partial charge in [-0.2, -0.15) is 4.98 Å². The molecule has 0 aliphatic heterocycles. The van der Waals surface area contributed by atoms with E-state index in [0.717, 1.165) is 11.6 Å². The molecule has 2 rings (SSSR count). The third kappa shape index (κ3) is 3.09. The Bertz CT molecular complexity index is 509. The summed E-state index contributed by atoms with van der Waals surface area (Å²) in [4.78, 5) is 6.40. The Kier molecular flexibility index (Phi) is 3.99. The molecule has 1 heterocycles. The number of halogens is 1. The second-order valence-corrected chi connectivity index (χ2v) is 4.83. The van der Waals surface area contributed by atoms with Crippen molar-refractivity contribution in [2.45, 2.75) is 26.4 Å². The Morgan fingerprint density at radius 1 is 1.33 bits per heavy atom. The van der Waals surface area contributed by atoms with E-state index >= 15 is 0 Å². The predicted octanol–water partition coefficient (Wildman–Crippen LogP) is 3.22. The van der Waals surface area contributed by atoms with Crippen LogP contribution in [-0.4, -0.2) is 22.1 Å². The molecule has 1 atom stereocenters. The van der Waals surface area contributed by atoms with Crippen molar-refractivity contribution in [3.8, 4) is 0 Å². The molecule has 0 aliphatic carbocycles. The predicted molar refractivity (Wildman–Crippen MR) is 70.4 cm³/mol. The number of aromatic nitrogens is 2. The SMILES string of the molecule is Cc1noc(C(C)N(C)Cc2ccc(Cl)cc2)n1. The normalized spacial score (nSPS) is 12.9. The molecule has 0 saturated carbocycles. The molecule has 0 aliphatic rings. The van der Waals surface area contributed by atoms with E-state index in [1.54, 1.807) is 0 Å². The number of benzene rings is 1. The van der Waals surface area contributed by atoms with Crippen molar-refractivity contribution in [3.63, 3.8) is 0 Å². The second-order valence-electron chi connectivity index (χ2n) is 4.40. The molecule has 1 aromatic heterocycles. The van der Waals surface area contributed by atoms with Gasteiger partial charge in [-0.15, -0.1) is 0 Å². The van der Waals surface area contributed by atoms with Crippen LogP contribution >= 0.6 is 11.6 Å². The first-order valence-corrected chi connectivity index (χ1v) is 6.19. The number of hydrogen-bond acceptors (Lipinski definition) is 4. The smallest absolute Gasteiger partial charge is 0.243 e. The van der Waals surface area contributed by atoms with Gasteiger partial charge in [0.1, 0.15) is 0 Å². The van der Waals surface area contributed by atoms with Gasteiger partial charge in [-0.25, -0.2) is 0 Å². The van der Waals surface area contributed by atoms with Gasteiger partial charge in [0.25, 0.3) is 0 Å². The largest absolute Gasteiger partial charge is 0.338 e. The van der Waals surface area contributed by atoms with Gasteiger partial charge in [0.05, 0.1) is 6.04 Å². The van der Waals surface area contributed by atoms with Crippen LogP contribution in [-0.2, 0) is 6.54 Å². The van der Waals surface area contributed by atoms with E-state index in [9.17, 15) is 0 Å². The Hall–Kier alpha value is -1.39. The summed E-state index contributed by atoms with van der Waals surface area (Å²) in [5, 5.41) is 4.56. The molecule has 0 bridgehead atoms. The maximum Gasteiger partial charge on any atom is 0.243 e. The number of aryl methyl sites for hydroxylation is 1. The van der Waals surface area contributed by atoms with Gasteiger partial charge in [-0.1, -0.05) is 28.9 Å². The molecular weight excluding hydrogens is 250 g/mol. The molecule has 4 nitrogen and oxygen atoms in total. The zero-order chi connectivity index (χ0) is 13.1. The summed E-state index contributed by atoms with van der Waals surface area (Å²) in [5.74, 6) is 1.31. The molecule has 0 saturated heterocycles. The summed E-state index contributed by atoms with van der Waals surface area (Å²) in [7, 11) is 2.03. The molecule has 0 fully saturated rings. The van der Waals surface area contributed by atoms with Crippen molar-refractivity contribution in [2.75, 3.05) is 7.05 Å². The van der Waals surface area contributed by atoms with Crippen LogP contribution in [0.3, 0.4) is 0 Å². The number of hydrogen-bond donors (Lipinski definition) is 0.